The molecule has 0 saturated carbocycles. The van der Waals surface area contributed by atoms with Crippen molar-refractivity contribution in [3.8, 4) is 0 Å². The lowest BCUT2D eigenvalue weighted by Crippen LogP contribution is -2.54. The molecule has 3 heterocycles. The monoisotopic (exact) mass is 371 g/mol. The van der Waals surface area contributed by atoms with Crippen LogP contribution in [0.15, 0.2) is 36.7 Å². The smallest absolute Gasteiger partial charge is 0.226 e. The highest BCUT2D eigenvalue weighted by Gasteiger charge is 2.45. The third-order valence-corrected chi connectivity index (χ3v) is 6.44. The number of aliphatic hydroxyl groups excluding tert-OH is 1. The highest BCUT2D eigenvalue weighted by Crippen LogP contribution is 2.45. The fraction of sp³-hybridized carbons (Fsp3) is 0.636. The predicted molar refractivity (Wildman–Crippen MR) is 107 cm³/mol. The maximum atomic E-state index is 12.4. The molecule has 3 rings (SSSR count). The van der Waals surface area contributed by atoms with Crippen LogP contribution in [-0.2, 0) is 11.3 Å². The number of piperidine rings is 2. The van der Waals surface area contributed by atoms with Crippen molar-refractivity contribution in [3.05, 3.63) is 42.2 Å². The molecular formula is C22H33N3O2. The van der Waals surface area contributed by atoms with Gasteiger partial charge in [-0.25, -0.2) is 0 Å². The van der Waals surface area contributed by atoms with Crippen molar-refractivity contribution in [1.29, 1.82) is 0 Å². The third-order valence-electron chi connectivity index (χ3n) is 6.44. The Balaban J connectivity index is 1.54. The van der Waals surface area contributed by atoms with Crippen LogP contribution in [0.25, 0.3) is 0 Å². The fourth-order valence-electron chi connectivity index (χ4n) is 4.64. The van der Waals surface area contributed by atoms with Gasteiger partial charge in [-0.15, -0.1) is 0 Å². The number of hydrogen-bond acceptors (Lipinski definition) is 4. The molecule has 2 aliphatic rings. The summed E-state index contributed by atoms with van der Waals surface area (Å²) in [5, 5.41) is 10.0. The van der Waals surface area contributed by atoms with Crippen molar-refractivity contribution in [3.63, 3.8) is 0 Å². The Bertz CT molecular complexity index is 624. The van der Waals surface area contributed by atoms with Crippen LogP contribution in [0, 0.1) is 11.3 Å². The SMILES string of the molecule is CC/C=C/CC(=O)N1CCC2(CCN(Cc3cccnc3)CC2)[C@H](CO)C1. The maximum Gasteiger partial charge on any atom is 0.226 e. The lowest BCUT2D eigenvalue weighted by molar-refractivity contribution is -0.137. The molecule has 1 aromatic heterocycles. The van der Waals surface area contributed by atoms with E-state index in [4.69, 9.17) is 0 Å². The lowest BCUT2D eigenvalue weighted by atomic mass is 9.64. The van der Waals surface area contributed by atoms with E-state index < -0.39 is 0 Å². The average Bonchev–Trinajstić information content (AvgIpc) is 2.71. The van der Waals surface area contributed by atoms with Crippen LogP contribution in [0.2, 0.25) is 0 Å². The summed E-state index contributed by atoms with van der Waals surface area (Å²) in [6.07, 6.45) is 12.5. The number of allylic oxidation sites excluding steroid dienone is 1. The van der Waals surface area contributed by atoms with E-state index in [2.05, 4.69) is 22.9 Å². The van der Waals surface area contributed by atoms with Gasteiger partial charge in [-0.3, -0.25) is 14.7 Å². The molecule has 0 radical (unpaired) electrons. The first kappa shape index (κ1) is 20.0. The first-order valence-electron chi connectivity index (χ1n) is 10.3. The van der Waals surface area contributed by atoms with Gasteiger partial charge in [0.25, 0.3) is 0 Å². The van der Waals surface area contributed by atoms with Gasteiger partial charge in [0, 0.05) is 51.0 Å². The van der Waals surface area contributed by atoms with Crippen LogP contribution >= 0.6 is 0 Å². The number of likely N-dealkylation sites (tertiary alicyclic amines) is 2. The molecule has 2 saturated heterocycles. The second kappa shape index (κ2) is 9.47. The summed E-state index contributed by atoms with van der Waals surface area (Å²) in [5.74, 6) is 0.396. The number of pyridine rings is 1. The zero-order valence-electron chi connectivity index (χ0n) is 16.5. The molecule has 1 aromatic rings. The van der Waals surface area contributed by atoms with Crippen molar-refractivity contribution in [2.75, 3.05) is 32.8 Å². The molecule has 1 amide bonds. The minimum atomic E-state index is 0.178. The summed E-state index contributed by atoms with van der Waals surface area (Å²) in [6, 6.07) is 4.12. The fourth-order valence-corrected chi connectivity index (χ4v) is 4.64. The van der Waals surface area contributed by atoms with Gasteiger partial charge < -0.3 is 10.0 Å². The largest absolute Gasteiger partial charge is 0.396 e. The maximum absolute atomic E-state index is 12.4. The quantitative estimate of drug-likeness (QED) is 0.781. The Labute approximate surface area is 163 Å². The molecular weight excluding hydrogens is 338 g/mol. The summed E-state index contributed by atoms with van der Waals surface area (Å²) >= 11 is 0. The highest BCUT2D eigenvalue weighted by atomic mass is 16.3. The van der Waals surface area contributed by atoms with E-state index >= 15 is 0 Å². The summed E-state index contributed by atoms with van der Waals surface area (Å²) in [4.78, 5) is 21.1. The van der Waals surface area contributed by atoms with Crippen molar-refractivity contribution in [2.45, 2.75) is 45.6 Å². The molecule has 0 aromatic carbocycles. The first-order valence-corrected chi connectivity index (χ1v) is 10.3. The van der Waals surface area contributed by atoms with Gasteiger partial charge in [0.1, 0.15) is 0 Å². The van der Waals surface area contributed by atoms with Crippen LogP contribution in [0.3, 0.4) is 0 Å². The van der Waals surface area contributed by atoms with E-state index in [0.717, 1.165) is 51.9 Å². The zero-order valence-corrected chi connectivity index (χ0v) is 16.5. The van der Waals surface area contributed by atoms with Crippen LogP contribution in [0.5, 0.6) is 0 Å². The van der Waals surface area contributed by atoms with Crippen molar-refractivity contribution >= 4 is 5.91 Å². The molecule has 2 aliphatic heterocycles. The molecule has 1 atom stereocenters. The number of carbonyl (C=O) groups excluding carboxylic acids is 1. The van der Waals surface area contributed by atoms with Gasteiger partial charge in [0.15, 0.2) is 0 Å². The predicted octanol–water partition coefficient (Wildman–Crippen LogP) is 2.86. The number of aliphatic hydroxyl groups is 1. The van der Waals surface area contributed by atoms with Gasteiger partial charge >= 0.3 is 0 Å². The zero-order chi connectivity index (χ0) is 19.1. The second-order valence-corrected chi connectivity index (χ2v) is 8.05. The molecule has 5 heteroatoms. The first-order chi connectivity index (χ1) is 13.2. The van der Waals surface area contributed by atoms with E-state index in [0.29, 0.717) is 13.0 Å². The van der Waals surface area contributed by atoms with Crippen molar-refractivity contribution in [1.82, 2.24) is 14.8 Å². The number of carbonyl (C=O) groups is 1. The molecule has 0 unspecified atom stereocenters. The second-order valence-electron chi connectivity index (χ2n) is 8.05. The Kier molecular flexibility index (Phi) is 7.02. The Hall–Kier alpha value is -1.72. The van der Waals surface area contributed by atoms with Crippen LogP contribution in [0.1, 0.15) is 44.6 Å². The normalized spacial score (nSPS) is 23.2. The molecule has 1 spiro atoms. The standard InChI is InChI=1S/C22H33N3O2/c1-2-3-4-7-21(27)25-14-10-22(20(17-25)18-26)8-12-24(13-9-22)16-19-6-5-11-23-15-19/h3-6,11,15,20,26H,2,7-10,12-14,16-18H2,1H3/b4-3+/t20-/m0/s1. The highest BCUT2D eigenvalue weighted by molar-refractivity contribution is 5.77. The minimum Gasteiger partial charge on any atom is -0.396 e. The number of nitrogens with zero attached hydrogens (tertiary/aromatic N) is 3. The average molecular weight is 372 g/mol. The molecule has 0 aliphatic carbocycles. The van der Waals surface area contributed by atoms with Crippen molar-refractivity contribution < 1.29 is 9.90 Å². The third kappa shape index (κ3) is 4.96. The number of aromatic nitrogens is 1. The molecule has 5 nitrogen and oxygen atoms in total. The summed E-state index contributed by atoms with van der Waals surface area (Å²) < 4.78 is 0. The van der Waals surface area contributed by atoms with E-state index in [1.54, 1.807) is 0 Å². The molecule has 27 heavy (non-hydrogen) atoms. The molecule has 2 fully saturated rings. The van der Waals surface area contributed by atoms with Gasteiger partial charge in [0.05, 0.1) is 0 Å². The van der Waals surface area contributed by atoms with Crippen LogP contribution in [0.4, 0.5) is 0 Å². The van der Waals surface area contributed by atoms with E-state index in [9.17, 15) is 9.90 Å². The summed E-state index contributed by atoms with van der Waals surface area (Å²) in [5.41, 5.74) is 1.45. The summed E-state index contributed by atoms with van der Waals surface area (Å²) in [6.45, 7) is 6.85. The van der Waals surface area contributed by atoms with Crippen LogP contribution < -0.4 is 0 Å². The lowest BCUT2D eigenvalue weighted by Gasteiger charge is -2.51. The van der Waals surface area contributed by atoms with E-state index in [-0.39, 0.29) is 23.8 Å². The molecule has 148 valence electrons. The molecule has 0 bridgehead atoms. The van der Waals surface area contributed by atoms with Gasteiger partial charge in [-0.2, -0.15) is 0 Å². The number of amides is 1. The molecule has 1 N–H and O–H groups in total. The number of rotatable bonds is 6. The Morgan fingerprint density at radius 3 is 2.74 bits per heavy atom. The van der Waals surface area contributed by atoms with Crippen molar-refractivity contribution in [2.24, 2.45) is 11.3 Å². The number of hydrogen-bond donors (Lipinski definition) is 1. The summed E-state index contributed by atoms with van der Waals surface area (Å²) in [7, 11) is 0. The van der Waals surface area contributed by atoms with Gasteiger partial charge in [-0.1, -0.05) is 25.1 Å². The van der Waals surface area contributed by atoms with Crippen LogP contribution in [-0.4, -0.2) is 58.6 Å². The van der Waals surface area contributed by atoms with Gasteiger partial charge in [0.2, 0.25) is 5.91 Å². The Morgan fingerprint density at radius 1 is 1.30 bits per heavy atom. The topological polar surface area (TPSA) is 56.7 Å². The Morgan fingerprint density at radius 2 is 2.07 bits per heavy atom. The van der Waals surface area contributed by atoms with E-state index in [1.165, 1.54) is 5.56 Å². The van der Waals surface area contributed by atoms with Gasteiger partial charge in [-0.05, 0) is 55.8 Å². The minimum absolute atomic E-state index is 0.178. The van der Waals surface area contributed by atoms with E-state index in [1.807, 2.05) is 35.5 Å².